The fourth-order valence-electron chi connectivity index (χ4n) is 2.10. The van der Waals surface area contributed by atoms with Crippen LogP contribution in [0.1, 0.15) is 10.9 Å². The van der Waals surface area contributed by atoms with Gasteiger partial charge in [-0.1, -0.05) is 6.07 Å². The lowest BCUT2D eigenvalue weighted by Crippen LogP contribution is -2.26. The van der Waals surface area contributed by atoms with Gasteiger partial charge >= 0.3 is 5.76 Å². The number of likely N-dealkylation sites (N-methyl/N-ethyl adjacent to an activating group) is 1. The summed E-state index contributed by atoms with van der Waals surface area (Å²) in [5, 5.41) is 5.21. The van der Waals surface area contributed by atoms with Crippen molar-refractivity contribution in [3.05, 3.63) is 46.7 Å². The number of hydrogen-bond donors (Lipinski definition) is 1. The summed E-state index contributed by atoms with van der Waals surface area (Å²) < 4.78 is 47.7. The molecule has 1 atom stereocenters. The standard InChI is InChI=1S/C15H18F2N2O2S2/c1-19(2)13(14-4-3-9-22-14)10-18-11-5-7-12(8-6-11)23(20,21)15(16)17/h3-9,13,15,18H,10H2,1-2H3/t13-/m0/s1. The Hall–Kier alpha value is -1.51. The summed E-state index contributed by atoms with van der Waals surface area (Å²) in [6.45, 7) is 0.620. The molecule has 0 aliphatic rings. The van der Waals surface area contributed by atoms with Crippen molar-refractivity contribution in [1.82, 2.24) is 4.90 Å². The maximum atomic E-state index is 12.5. The van der Waals surface area contributed by atoms with Gasteiger partial charge in [0.2, 0.25) is 9.84 Å². The van der Waals surface area contributed by atoms with Gasteiger partial charge in [0.15, 0.2) is 0 Å². The van der Waals surface area contributed by atoms with Crippen LogP contribution in [-0.2, 0) is 9.84 Å². The smallest absolute Gasteiger partial charge is 0.341 e. The van der Waals surface area contributed by atoms with Crippen LogP contribution in [0.25, 0.3) is 0 Å². The van der Waals surface area contributed by atoms with Gasteiger partial charge in [0, 0.05) is 17.1 Å². The van der Waals surface area contributed by atoms with Crippen LogP contribution < -0.4 is 5.32 Å². The van der Waals surface area contributed by atoms with Gasteiger partial charge in [0.05, 0.1) is 10.9 Å². The van der Waals surface area contributed by atoms with E-state index in [4.69, 9.17) is 0 Å². The van der Waals surface area contributed by atoms with Crippen LogP contribution in [0.2, 0.25) is 0 Å². The Morgan fingerprint density at radius 1 is 1.17 bits per heavy atom. The molecule has 0 saturated carbocycles. The van der Waals surface area contributed by atoms with Crippen LogP contribution >= 0.6 is 11.3 Å². The Morgan fingerprint density at radius 2 is 1.83 bits per heavy atom. The number of halogens is 2. The van der Waals surface area contributed by atoms with E-state index < -0.39 is 15.6 Å². The summed E-state index contributed by atoms with van der Waals surface area (Å²) in [6, 6.07) is 9.58. The zero-order valence-electron chi connectivity index (χ0n) is 12.7. The SMILES string of the molecule is CN(C)[C@@H](CNc1ccc(S(=O)(=O)C(F)F)cc1)c1cccs1. The summed E-state index contributed by atoms with van der Waals surface area (Å²) >= 11 is 1.66. The molecule has 1 N–H and O–H groups in total. The Morgan fingerprint density at radius 3 is 2.30 bits per heavy atom. The second-order valence-electron chi connectivity index (χ2n) is 5.21. The predicted molar refractivity (Wildman–Crippen MR) is 88.9 cm³/mol. The van der Waals surface area contributed by atoms with E-state index >= 15 is 0 Å². The number of hydrogen-bond acceptors (Lipinski definition) is 5. The first-order valence-electron chi connectivity index (χ1n) is 6.88. The van der Waals surface area contributed by atoms with Gasteiger partial charge in [0.25, 0.3) is 0 Å². The Kier molecular flexibility index (Phi) is 5.72. The molecular formula is C15H18F2N2O2S2. The molecule has 8 heteroatoms. The van der Waals surface area contributed by atoms with E-state index in [1.54, 1.807) is 11.3 Å². The van der Waals surface area contributed by atoms with Crippen LogP contribution in [0.15, 0.2) is 46.7 Å². The molecule has 0 aliphatic carbocycles. The van der Waals surface area contributed by atoms with Crippen molar-refractivity contribution >= 4 is 26.9 Å². The molecule has 0 spiro atoms. The number of thiophene rings is 1. The number of rotatable bonds is 7. The summed E-state index contributed by atoms with van der Waals surface area (Å²) in [7, 11) is -0.588. The Bertz CT molecular complexity index is 714. The fourth-order valence-corrected chi connectivity index (χ4v) is 3.74. The number of benzene rings is 1. The van der Waals surface area contributed by atoms with Crippen LogP contribution in [0.5, 0.6) is 0 Å². The molecule has 0 unspecified atom stereocenters. The van der Waals surface area contributed by atoms with Gasteiger partial charge in [-0.05, 0) is 49.8 Å². The lowest BCUT2D eigenvalue weighted by molar-refractivity contribution is 0.234. The third-order valence-electron chi connectivity index (χ3n) is 3.41. The van der Waals surface area contributed by atoms with E-state index in [2.05, 4.69) is 16.3 Å². The third kappa shape index (κ3) is 4.27. The maximum absolute atomic E-state index is 12.5. The molecule has 2 aromatic rings. The van der Waals surface area contributed by atoms with Gasteiger partial charge < -0.3 is 10.2 Å². The Balaban J connectivity index is 2.07. The van der Waals surface area contributed by atoms with Crippen molar-refractivity contribution in [1.29, 1.82) is 0 Å². The molecule has 0 bridgehead atoms. The van der Waals surface area contributed by atoms with Gasteiger partial charge in [-0.3, -0.25) is 0 Å². The number of sulfone groups is 1. The summed E-state index contributed by atoms with van der Waals surface area (Å²) in [6.07, 6.45) is 0. The fraction of sp³-hybridized carbons (Fsp3) is 0.333. The van der Waals surface area contributed by atoms with E-state index in [-0.39, 0.29) is 10.9 Å². The van der Waals surface area contributed by atoms with Crippen LogP contribution in [0, 0.1) is 0 Å². The van der Waals surface area contributed by atoms with Crippen molar-refractivity contribution in [3.8, 4) is 0 Å². The molecule has 0 amide bonds. The first-order chi connectivity index (χ1) is 10.8. The highest BCUT2D eigenvalue weighted by Crippen LogP contribution is 2.24. The minimum atomic E-state index is -4.54. The van der Waals surface area contributed by atoms with E-state index in [1.165, 1.54) is 29.1 Å². The number of alkyl halides is 2. The van der Waals surface area contributed by atoms with Crippen LogP contribution in [0.4, 0.5) is 14.5 Å². The normalized spacial score (nSPS) is 13.5. The second-order valence-corrected chi connectivity index (χ2v) is 8.10. The number of nitrogens with zero attached hydrogens (tertiary/aromatic N) is 1. The molecule has 4 nitrogen and oxygen atoms in total. The molecule has 1 aromatic carbocycles. The van der Waals surface area contributed by atoms with Crippen molar-refractivity contribution in [2.24, 2.45) is 0 Å². The molecule has 0 saturated heterocycles. The summed E-state index contributed by atoms with van der Waals surface area (Å²) in [5.41, 5.74) is 0.682. The predicted octanol–water partition coefficient (Wildman–Crippen LogP) is 3.46. The van der Waals surface area contributed by atoms with E-state index in [1.807, 2.05) is 25.5 Å². The molecule has 1 aromatic heterocycles. The lowest BCUT2D eigenvalue weighted by atomic mass is 10.2. The topological polar surface area (TPSA) is 49.4 Å². The van der Waals surface area contributed by atoms with E-state index in [0.717, 1.165) is 0 Å². The second kappa shape index (κ2) is 7.37. The average molecular weight is 360 g/mol. The Labute approximate surface area is 138 Å². The highest BCUT2D eigenvalue weighted by molar-refractivity contribution is 7.91. The molecule has 23 heavy (non-hydrogen) atoms. The largest absolute Gasteiger partial charge is 0.383 e. The molecule has 0 aliphatic heterocycles. The minimum Gasteiger partial charge on any atom is -0.383 e. The lowest BCUT2D eigenvalue weighted by Gasteiger charge is -2.24. The summed E-state index contributed by atoms with van der Waals surface area (Å²) in [5.74, 6) is -3.40. The monoisotopic (exact) mass is 360 g/mol. The molecular weight excluding hydrogens is 342 g/mol. The van der Waals surface area contributed by atoms with Gasteiger partial charge in [0.1, 0.15) is 0 Å². The van der Waals surface area contributed by atoms with E-state index in [0.29, 0.717) is 12.2 Å². The summed E-state index contributed by atoms with van der Waals surface area (Å²) in [4.78, 5) is 2.91. The highest BCUT2D eigenvalue weighted by Gasteiger charge is 2.26. The quantitative estimate of drug-likeness (QED) is 0.822. The minimum absolute atomic E-state index is 0.166. The van der Waals surface area contributed by atoms with E-state index in [9.17, 15) is 17.2 Å². The van der Waals surface area contributed by atoms with Gasteiger partial charge in [-0.15, -0.1) is 11.3 Å². The molecule has 126 valence electrons. The van der Waals surface area contributed by atoms with Crippen molar-refractivity contribution in [2.75, 3.05) is 26.0 Å². The average Bonchev–Trinajstić information content (AvgIpc) is 3.01. The van der Waals surface area contributed by atoms with Crippen molar-refractivity contribution in [2.45, 2.75) is 16.7 Å². The van der Waals surface area contributed by atoms with Gasteiger partial charge in [-0.25, -0.2) is 8.42 Å². The zero-order valence-corrected chi connectivity index (χ0v) is 14.4. The number of nitrogens with one attached hydrogen (secondary N) is 1. The maximum Gasteiger partial charge on any atom is 0.341 e. The molecule has 0 radical (unpaired) electrons. The van der Waals surface area contributed by atoms with Crippen molar-refractivity contribution in [3.63, 3.8) is 0 Å². The van der Waals surface area contributed by atoms with Crippen LogP contribution in [-0.4, -0.2) is 39.7 Å². The molecule has 1 heterocycles. The van der Waals surface area contributed by atoms with Gasteiger partial charge in [-0.2, -0.15) is 8.78 Å². The highest BCUT2D eigenvalue weighted by atomic mass is 32.2. The molecule has 0 fully saturated rings. The third-order valence-corrected chi connectivity index (χ3v) is 5.78. The first-order valence-corrected chi connectivity index (χ1v) is 9.31. The zero-order chi connectivity index (χ0) is 17.0. The molecule has 2 rings (SSSR count). The van der Waals surface area contributed by atoms with Crippen LogP contribution in [0.3, 0.4) is 0 Å². The first kappa shape index (κ1) is 17.8. The van der Waals surface area contributed by atoms with Crippen molar-refractivity contribution < 1.29 is 17.2 Å². The number of anilines is 1.